The Morgan fingerprint density at radius 3 is 2.77 bits per heavy atom. The lowest BCUT2D eigenvalue weighted by atomic mass is 9.91. The summed E-state index contributed by atoms with van der Waals surface area (Å²) in [4.78, 5) is 14.2. The SMILES string of the molecule is CN(CCCc1cc(-c2ccccc2)no1)C(=O)C(N)C1CCOCC1. The summed E-state index contributed by atoms with van der Waals surface area (Å²) in [7, 11) is 1.82. The van der Waals surface area contributed by atoms with E-state index in [2.05, 4.69) is 5.16 Å². The van der Waals surface area contributed by atoms with Gasteiger partial charge in [-0.2, -0.15) is 0 Å². The van der Waals surface area contributed by atoms with E-state index in [9.17, 15) is 4.79 Å². The number of rotatable bonds is 7. The van der Waals surface area contributed by atoms with Crippen LogP contribution in [-0.4, -0.2) is 48.8 Å². The molecule has 2 heterocycles. The van der Waals surface area contributed by atoms with Crippen LogP contribution in [0.15, 0.2) is 40.9 Å². The smallest absolute Gasteiger partial charge is 0.239 e. The van der Waals surface area contributed by atoms with Crippen molar-refractivity contribution in [2.24, 2.45) is 11.7 Å². The first-order chi connectivity index (χ1) is 12.6. The summed E-state index contributed by atoms with van der Waals surface area (Å²) in [6, 6.07) is 11.5. The minimum Gasteiger partial charge on any atom is -0.381 e. The predicted octanol–water partition coefficient (Wildman–Crippen LogP) is 2.49. The van der Waals surface area contributed by atoms with E-state index in [1.54, 1.807) is 4.90 Å². The average Bonchev–Trinajstić information content (AvgIpc) is 3.17. The Labute approximate surface area is 154 Å². The molecule has 0 saturated carbocycles. The number of nitrogens with two attached hydrogens (primary N) is 1. The van der Waals surface area contributed by atoms with E-state index in [-0.39, 0.29) is 11.8 Å². The van der Waals surface area contributed by atoms with Crippen LogP contribution < -0.4 is 5.73 Å². The maximum Gasteiger partial charge on any atom is 0.239 e. The van der Waals surface area contributed by atoms with Gasteiger partial charge in [-0.25, -0.2) is 0 Å². The van der Waals surface area contributed by atoms with E-state index in [0.717, 1.165) is 42.7 Å². The maximum absolute atomic E-state index is 12.5. The minimum atomic E-state index is -0.432. The zero-order valence-electron chi connectivity index (χ0n) is 15.3. The standard InChI is InChI=1S/C20H27N3O3/c1-23(20(24)19(21)16-9-12-25-13-10-16)11-5-8-17-14-18(22-26-17)15-6-3-2-4-7-15/h2-4,6-7,14,16,19H,5,8-13,21H2,1H3. The van der Waals surface area contributed by atoms with Crippen molar-refractivity contribution in [2.45, 2.75) is 31.7 Å². The molecule has 3 rings (SSSR count). The highest BCUT2D eigenvalue weighted by molar-refractivity contribution is 5.81. The van der Waals surface area contributed by atoms with Crippen LogP contribution in [0.5, 0.6) is 0 Å². The number of hydrogen-bond donors (Lipinski definition) is 1. The second-order valence-electron chi connectivity index (χ2n) is 6.88. The largest absolute Gasteiger partial charge is 0.381 e. The summed E-state index contributed by atoms with van der Waals surface area (Å²) < 4.78 is 10.8. The van der Waals surface area contributed by atoms with Crippen molar-refractivity contribution in [1.29, 1.82) is 0 Å². The monoisotopic (exact) mass is 357 g/mol. The Hall–Kier alpha value is -2.18. The van der Waals surface area contributed by atoms with Gasteiger partial charge in [0.1, 0.15) is 11.5 Å². The third-order valence-corrected chi connectivity index (χ3v) is 4.98. The van der Waals surface area contributed by atoms with Gasteiger partial charge in [0.05, 0.1) is 6.04 Å². The van der Waals surface area contributed by atoms with Gasteiger partial charge in [-0.3, -0.25) is 4.79 Å². The number of hydrogen-bond acceptors (Lipinski definition) is 5. The van der Waals surface area contributed by atoms with E-state index in [4.69, 9.17) is 15.0 Å². The molecule has 140 valence electrons. The fourth-order valence-corrected chi connectivity index (χ4v) is 3.31. The van der Waals surface area contributed by atoms with Crippen molar-refractivity contribution in [3.8, 4) is 11.3 Å². The Balaban J connectivity index is 1.45. The number of amides is 1. The summed E-state index contributed by atoms with van der Waals surface area (Å²) in [6.07, 6.45) is 3.28. The number of likely N-dealkylation sites (N-methyl/N-ethyl adjacent to an activating group) is 1. The molecule has 6 heteroatoms. The number of ether oxygens (including phenoxy) is 1. The molecule has 6 nitrogen and oxygen atoms in total. The zero-order chi connectivity index (χ0) is 18.4. The van der Waals surface area contributed by atoms with Gasteiger partial charge in [-0.1, -0.05) is 35.5 Å². The number of carbonyl (C=O) groups is 1. The molecule has 26 heavy (non-hydrogen) atoms. The third-order valence-electron chi connectivity index (χ3n) is 4.98. The first kappa shape index (κ1) is 18.6. The molecule has 0 bridgehead atoms. The van der Waals surface area contributed by atoms with Gasteiger partial charge < -0.3 is 19.9 Å². The van der Waals surface area contributed by atoms with Crippen molar-refractivity contribution in [1.82, 2.24) is 10.1 Å². The molecule has 1 fully saturated rings. The summed E-state index contributed by atoms with van der Waals surface area (Å²) >= 11 is 0. The van der Waals surface area contributed by atoms with E-state index < -0.39 is 6.04 Å². The number of aryl methyl sites for hydroxylation is 1. The Bertz CT molecular complexity index is 695. The third kappa shape index (κ3) is 4.71. The quantitative estimate of drug-likeness (QED) is 0.823. The number of carbonyl (C=O) groups excluding carboxylic acids is 1. The van der Waals surface area contributed by atoms with Crippen LogP contribution in [-0.2, 0) is 16.0 Å². The number of benzene rings is 1. The minimum absolute atomic E-state index is 0.0134. The second kappa shape index (κ2) is 8.96. The van der Waals surface area contributed by atoms with Crippen molar-refractivity contribution in [2.75, 3.05) is 26.8 Å². The highest BCUT2D eigenvalue weighted by atomic mass is 16.5. The predicted molar refractivity (Wildman–Crippen MR) is 99.4 cm³/mol. The topological polar surface area (TPSA) is 81.6 Å². The maximum atomic E-state index is 12.5. The highest BCUT2D eigenvalue weighted by Gasteiger charge is 2.28. The summed E-state index contributed by atoms with van der Waals surface area (Å²) in [6.45, 7) is 2.05. The number of nitrogens with zero attached hydrogens (tertiary/aromatic N) is 2. The summed E-state index contributed by atoms with van der Waals surface area (Å²) in [5.41, 5.74) is 8.05. The molecular formula is C20H27N3O3. The van der Waals surface area contributed by atoms with Gasteiger partial charge in [-0.15, -0.1) is 0 Å². The lowest BCUT2D eigenvalue weighted by Gasteiger charge is -2.29. The van der Waals surface area contributed by atoms with Crippen LogP contribution in [0.4, 0.5) is 0 Å². The zero-order valence-corrected chi connectivity index (χ0v) is 15.3. The average molecular weight is 357 g/mol. The van der Waals surface area contributed by atoms with Crippen LogP contribution in [0.2, 0.25) is 0 Å². The molecule has 0 radical (unpaired) electrons. The van der Waals surface area contributed by atoms with Gasteiger partial charge in [0, 0.05) is 44.9 Å². The van der Waals surface area contributed by atoms with Crippen molar-refractivity contribution in [3.63, 3.8) is 0 Å². The van der Waals surface area contributed by atoms with E-state index in [0.29, 0.717) is 19.8 Å². The van der Waals surface area contributed by atoms with Crippen LogP contribution in [0.3, 0.4) is 0 Å². The van der Waals surface area contributed by atoms with Gasteiger partial charge in [0.25, 0.3) is 0 Å². The Morgan fingerprint density at radius 2 is 2.04 bits per heavy atom. The van der Waals surface area contributed by atoms with E-state index >= 15 is 0 Å². The second-order valence-corrected chi connectivity index (χ2v) is 6.88. The Kier molecular flexibility index (Phi) is 6.41. The molecule has 1 saturated heterocycles. The van der Waals surface area contributed by atoms with E-state index in [1.165, 1.54) is 0 Å². The number of aromatic nitrogens is 1. The van der Waals surface area contributed by atoms with Crippen molar-refractivity contribution >= 4 is 5.91 Å². The normalized spacial score (nSPS) is 16.4. The van der Waals surface area contributed by atoms with Crippen LogP contribution >= 0.6 is 0 Å². The lowest BCUT2D eigenvalue weighted by Crippen LogP contribution is -2.48. The summed E-state index contributed by atoms with van der Waals surface area (Å²) in [5.74, 6) is 1.07. The summed E-state index contributed by atoms with van der Waals surface area (Å²) in [5, 5.41) is 4.12. The molecule has 1 aliphatic heterocycles. The molecule has 2 aromatic rings. The van der Waals surface area contributed by atoms with Gasteiger partial charge in [0.2, 0.25) is 5.91 Å². The molecule has 0 spiro atoms. The van der Waals surface area contributed by atoms with E-state index in [1.807, 2.05) is 43.4 Å². The van der Waals surface area contributed by atoms with Gasteiger partial charge in [0.15, 0.2) is 0 Å². The molecule has 0 aliphatic carbocycles. The van der Waals surface area contributed by atoms with Gasteiger partial charge in [-0.05, 0) is 25.2 Å². The van der Waals surface area contributed by atoms with Crippen LogP contribution in [0, 0.1) is 5.92 Å². The van der Waals surface area contributed by atoms with Crippen molar-refractivity contribution in [3.05, 3.63) is 42.2 Å². The molecule has 1 aromatic heterocycles. The molecule has 1 unspecified atom stereocenters. The molecule has 1 amide bonds. The van der Waals surface area contributed by atoms with Crippen LogP contribution in [0.1, 0.15) is 25.0 Å². The van der Waals surface area contributed by atoms with Gasteiger partial charge >= 0.3 is 0 Å². The molecule has 1 aromatic carbocycles. The first-order valence-electron chi connectivity index (χ1n) is 9.24. The first-order valence-corrected chi connectivity index (χ1v) is 9.24. The molecular weight excluding hydrogens is 330 g/mol. The molecule has 1 aliphatic rings. The highest BCUT2D eigenvalue weighted by Crippen LogP contribution is 2.20. The lowest BCUT2D eigenvalue weighted by molar-refractivity contribution is -0.133. The van der Waals surface area contributed by atoms with Crippen molar-refractivity contribution < 1.29 is 14.1 Å². The fourth-order valence-electron chi connectivity index (χ4n) is 3.31. The molecule has 1 atom stereocenters. The molecule has 2 N–H and O–H groups in total. The Morgan fingerprint density at radius 1 is 1.31 bits per heavy atom. The fraction of sp³-hybridized carbons (Fsp3) is 0.500. The van der Waals surface area contributed by atoms with Crippen LogP contribution in [0.25, 0.3) is 11.3 Å².